The Hall–Kier alpha value is -1.66. The van der Waals surface area contributed by atoms with Gasteiger partial charge >= 0.3 is 0 Å². The fraction of sp³-hybridized carbons (Fsp3) is 0.364. The minimum atomic E-state index is 0. The molecule has 0 bridgehead atoms. The van der Waals surface area contributed by atoms with Crippen LogP contribution in [0.1, 0.15) is 22.3 Å². The zero-order valence-electron chi connectivity index (χ0n) is 17.5. The molecule has 29 heavy (non-hydrogen) atoms. The van der Waals surface area contributed by atoms with Crippen LogP contribution in [0.2, 0.25) is 5.02 Å². The summed E-state index contributed by atoms with van der Waals surface area (Å²) in [6.07, 6.45) is 0.365. The average molecular weight is 452 g/mol. The maximum atomic E-state index is 13.2. The molecule has 2 aromatic carbocycles. The third-order valence-corrected chi connectivity index (χ3v) is 6.42. The molecule has 0 unspecified atom stereocenters. The van der Waals surface area contributed by atoms with E-state index in [4.69, 9.17) is 16.6 Å². The van der Waals surface area contributed by atoms with E-state index in [0.717, 1.165) is 33.0 Å². The van der Waals surface area contributed by atoms with E-state index >= 15 is 0 Å². The van der Waals surface area contributed by atoms with Crippen LogP contribution in [0.4, 0.5) is 5.13 Å². The Morgan fingerprint density at radius 1 is 1.07 bits per heavy atom. The Morgan fingerprint density at radius 3 is 2.45 bits per heavy atom. The number of rotatable bonds is 6. The van der Waals surface area contributed by atoms with Crippen molar-refractivity contribution in [1.29, 1.82) is 0 Å². The SMILES string of the molecule is Cc1ccc(CC(=O)N(CCN(C)C)c2nc3c(C)c(Cl)ccc3s2)cc1C.Cl. The van der Waals surface area contributed by atoms with Crippen molar-refractivity contribution < 1.29 is 4.79 Å². The number of anilines is 1. The lowest BCUT2D eigenvalue weighted by atomic mass is 10.0. The van der Waals surface area contributed by atoms with Crippen LogP contribution < -0.4 is 4.90 Å². The highest BCUT2D eigenvalue weighted by molar-refractivity contribution is 7.22. The Bertz CT molecular complexity index is 1020. The number of carbonyl (C=O) groups is 1. The normalized spacial score (nSPS) is 11.0. The Labute approximate surface area is 187 Å². The van der Waals surface area contributed by atoms with Gasteiger partial charge in [0, 0.05) is 18.1 Å². The number of aryl methyl sites for hydroxylation is 3. The summed E-state index contributed by atoms with van der Waals surface area (Å²) < 4.78 is 1.05. The minimum absolute atomic E-state index is 0. The second-order valence-corrected chi connectivity index (χ2v) is 8.88. The highest BCUT2D eigenvalue weighted by atomic mass is 35.5. The van der Waals surface area contributed by atoms with Gasteiger partial charge in [0.25, 0.3) is 0 Å². The first-order valence-electron chi connectivity index (χ1n) is 9.33. The molecular formula is C22H27Cl2N3OS. The van der Waals surface area contributed by atoms with Gasteiger partial charge in [0.15, 0.2) is 5.13 Å². The Balaban J connectivity index is 0.00000300. The molecule has 3 aromatic rings. The quantitative estimate of drug-likeness (QED) is 0.500. The van der Waals surface area contributed by atoms with Gasteiger partial charge in [-0.1, -0.05) is 41.1 Å². The lowest BCUT2D eigenvalue weighted by Crippen LogP contribution is -2.37. The lowest BCUT2D eigenvalue weighted by Gasteiger charge is -2.22. The Kier molecular flexibility index (Phi) is 8.06. The van der Waals surface area contributed by atoms with Crippen molar-refractivity contribution in [3.63, 3.8) is 0 Å². The number of thiazole rings is 1. The van der Waals surface area contributed by atoms with Gasteiger partial charge in [-0.25, -0.2) is 4.98 Å². The fourth-order valence-electron chi connectivity index (χ4n) is 3.01. The molecule has 0 aliphatic heterocycles. The predicted octanol–water partition coefficient (Wildman–Crippen LogP) is 5.43. The molecular weight excluding hydrogens is 425 g/mol. The third kappa shape index (κ3) is 5.48. The maximum Gasteiger partial charge on any atom is 0.233 e. The molecule has 0 radical (unpaired) electrons. The lowest BCUT2D eigenvalue weighted by molar-refractivity contribution is -0.118. The van der Waals surface area contributed by atoms with E-state index < -0.39 is 0 Å². The molecule has 0 aliphatic carbocycles. The van der Waals surface area contributed by atoms with Gasteiger partial charge in [-0.15, -0.1) is 12.4 Å². The van der Waals surface area contributed by atoms with Crippen LogP contribution in [-0.4, -0.2) is 43.0 Å². The molecule has 7 heteroatoms. The number of carbonyl (C=O) groups excluding carboxylic acids is 1. The number of aromatic nitrogens is 1. The number of amides is 1. The molecule has 0 spiro atoms. The summed E-state index contributed by atoms with van der Waals surface area (Å²) in [4.78, 5) is 21.9. The van der Waals surface area contributed by atoms with Crippen LogP contribution in [-0.2, 0) is 11.2 Å². The van der Waals surface area contributed by atoms with Crippen molar-refractivity contribution in [1.82, 2.24) is 9.88 Å². The molecule has 1 amide bonds. The number of benzene rings is 2. The molecule has 0 saturated carbocycles. The smallest absolute Gasteiger partial charge is 0.233 e. The zero-order chi connectivity index (χ0) is 20.4. The van der Waals surface area contributed by atoms with Crippen LogP contribution in [0.3, 0.4) is 0 Å². The molecule has 4 nitrogen and oxygen atoms in total. The van der Waals surface area contributed by atoms with Crippen molar-refractivity contribution in [2.45, 2.75) is 27.2 Å². The highest BCUT2D eigenvalue weighted by Crippen LogP contribution is 2.33. The van der Waals surface area contributed by atoms with E-state index in [0.29, 0.717) is 18.0 Å². The van der Waals surface area contributed by atoms with Gasteiger partial charge in [-0.05, 0) is 69.3 Å². The van der Waals surface area contributed by atoms with E-state index in [9.17, 15) is 4.79 Å². The van der Waals surface area contributed by atoms with Crippen LogP contribution in [0.5, 0.6) is 0 Å². The first-order chi connectivity index (χ1) is 13.3. The van der Waals surface area contributed by atoms with Crippen LogP contribution in [0.15, 0.2) is 30.3 Å². The van der Waals surface area contributed by atoms with Crippen LogP contribution >= 0.6 is 35.3 Å². The van der Waals surface area contributed by atoms with Crippen molar-refractivity contribution in [2.75, 3.05) is 32.1 Å². The molecule has 3 rings (SSSR count). The van der Waals surface area contributed by atoms with E-state index in [1.165, 1.54) is 11.1 Å². The summed E-state index contributed by atoms with van der Waals surface area (Å²) in [6, 6.07) is 10.1. The number of nitrogens with zero attached hydrogens (tertiary/aromatic N) is 3. The standard InChI is InChI=1S/C22H26ClN3OS.ClH/c1-14-6-7-17(12-15(14)2)13-20(27)26(11-10-25(4)5)22-24-21-16(3)18(23)8-9-19(21)28-22;/h6-9,12H,10-11,13H2,1-5H3;1H. The first-order valence-corrected chi connectivity index (χ1v) is 10.5. The van der Waals surface area contributed by atoms with Crippen LogP contribution in [0, 0.1) is 20.8 Å². The first kappa shape index (κ1) is 23.6. The number of hydrogen-bond acceptors (Lipinski definition) is 4. The van der Waals surface area contributed by atoms with Crippen molar-refractivity contribution in [3.8, 4) is 0 Å². The number of likely N-dealkylation sites (N-methyl/N-ethyl adjacent to an activating group) is 1. The zero-order valence-corrected chi connectivity index (χ0v) is 19.8. The molecule has 0 aliphatic rings. The van der Waals surface area contributed by atoms with E-state index in [1.807, 2.05) is 44.1 Å². The second-order valence-electron chi connectivity index (χ2n) is 7.46. The summed E-state index contributed by atoms with van der Waals surface area (Å²) in [5.74, 6) is 0.0629. The molecule has 1 aromatic heterocycles. The maximum absolute atomic E-state index is 13.2. The number of fused-ring (bicyclic) bond motifs is 1. The van der Waals surface area contributed by atoms with E-state index in [2.05, 4.69) is 30.9 Å². The summed E-state index contributed by atoms with van der Waals surface area (Å²) in [5.41, 5.74) is 5.30. The van der Waals surface area contributed by atoms with E-state index in [-0.39, 0.29) is 18.3 Å². The molecule has 1 heterocycles. The molecule has 0 N–H and O–H groups in total. The summed E-state index contributed by atoms with van der Waals surface area (Å²) in [5, 5.41) is 1.43. The van der Waals surface area contributed by atoms with Crippen molar-refractivity contribution in [3.05, 3.63) is 57.6 Å². The minimum Gasteiger partial charge on any atom is -0.308 e. The molecule has 0 fully saturated rings. The van der Waals surface area contributed by atoms with Crippen LogP contribution in [0.25, 0.3) is 10.2 Å². The highest BCUT2D eigenvalue weighted by Gasteiger charge is 2.21. The van der Waals surface area contributed by atoms with Gasteiger partial charge in [0.05, 0.1) is 16.6 Å². The summed E-state index contributed by atoms with van der Waals surface area (Å²) >= 11 is 7.80. The van der Waals surface area contributed by atoms with Gasteiger partial charge in [0.1, 0.15) is 0 Å². The largest absolute Gasteiger partial charge is 0.308 e. The average Bonchev–Trinajstić information content (AvgIpc) is 3.06. The second kappa shape index (κ2) is 9.90. The fourth-order valence-corrected chi connectivity index (χ4v) is 4.24. The van der Waals surface area contributed by atoms with Gasteiger partial charge in [0.2, 0.25) is 5.91 Å². The van der Waals surface area contributed by atoms with Gasteiger partial charge in [-0.2, -0.15) is 0 Å². The monoisotopic (exact) mass is 451 g/mol. The molecule has 0 atom stereocenters. The third-order valence-electron chi connectivity index (χ3n) is 4.97. The number of hydrogen-bond donors (Lipinski definition) is 0. The molecule has 0 saturated heterocycles. The number of halogens is 2. The topological polar surface area (TPSA) is 36.4 Å². The Morgan fingerprint density at radius 2 is 1.79 bits per heavy atom. The van der Waals surface area contributed by atoms with Crippen molar-refractivity contribution in [2.24, 2.45) is 0 Å². The summed E-state index contributed by atoms with van der Waals surface area (Å²) in [6.45, 7) is 7.50. The van der Waals surface area contributed by atoms with Gasteiger partial charge < -0.3 is 4.90 Å². The predicted molar refractivity (Wildman–Crippen MR) is 127 cm³/mol. The summed E-state index contributed by atoms with van der Waals surface area (Å²) in [7, 11) is 4.02. The van der Waals surface area contributed by atoms with Crippen molar-refractivity contribution >= 4 is 56.6 Å². The van der Waals surface area contributed by atoms with E-state index in [1.54, 1.807) is 11.3 Å². The van der Waals surface area contributed by atoms with Gasteiger partial charge in [-0.3, -0.25) is 9.69 Å². The molecule has 156 valence electrons.